The summed E-state index contributed by atoms with van der Waals surface area (Å²) in [5.74, 6) is -1.62. The fourth-order valence-corrected chi connectivity index (χ4v) is 3.85. The molecule has 0 unspecified atom stereocenters. The Morgan fingerprint density at radius 2 is 1.48 bits per heavy atom. The monoisotopic (exact) mass is 480 g/mol. The highest BCUT2D eigenvalue weighted by molar-refractivity contribution is 9.10. The van der Waals surface area contributed by atoms with Crippen molar-refractivity contribution in [2.24, 2.45) is 7.05 Å². The standard InChI is InChI=1S/C22H17BrN4O4/c1-26-12-15(23)10-18(26)20(29)25-24-19(28)14-8-6-13(7-9-14)11-27-21(30)16-4-2-3-5-17(16)22(27)31/h2-10,12H,11H2,1H3,(H,24,28)(H,25,29). The zero-order valence-electron chi connectivity index (χ0n) is 16.4. The minimum absolute atomic E-state index is 0.105. The molecule has 1 aliphatic rings. The molecule has 156 valence electrons. The van der Waals surface area contributed by atoms with Crippen LogP contribution in [0.4, 0.5) is 0 Å². The number of carbonyl (C=O) groups excluding carboxylic acids is 4. The van der Waals surface area contributed by atoms with Gasteiger partial charge in [-0.1, -0.05) is 24.3 Å². The molecule has 3 aromatic rings. The van der Waals surface area contributed by atoms with E-state index in [1.165, 1.54) is 4.90 Å². The molecule has 0 aliphatic carbocycles. The number of aromatic nitrogens is 1. The highest BCUT2D eigenvalue weighted by Gasteiger charge is 2.34. The third-order valence-electron chi connectivity index (χ3n) is 4.93. The van der Waals surface area contributed by atoms with Crippen LogP contribution in [-0.4, -0.2) is 33.1 Å². The van der Waals surface area contributed by atoms with E-state index in [-0.39, 0.29) is 18.4 Å². The number of hydrazine groups is 1. The van der Waals surface area contributed by atoms with Crippen LogP contribution in [0.25, 0.3) is 0 Å². The summed E-state index contributed by atoms with van der Waals surface area (Å²) in [6.07, 6.45) is 1.73. The van der Waals surface area contributed by atoms with Gasteiger partial charge in [0.15, 0.2) is 0 Å². The summed E-state index contributed by atoms with van der Waals surface area (Å²) in [4.78, 5) is 50.6. The van der Waals surface area contributed by atoms with Gasteiger partial charge in [-0.3, -0.25) is 34.9 Å². The van der Waals surface area contributed by atoms with Crippen LogP contribution in [0.1, 0.15) is 47.1 Å². The van der Waals surface area contributed by atoms with Crippen LogP contribution < -0.4 is 10.9 Å². The van der Waals surface area contributed by atoms with Crippen LogP contribution in [0, 0.1) is 0 Å². The summed E-state index contributed by atoms with van der Waals surface area (Å²) in [5, 5.41) is 0. The number of rotatable bonds is 4. The third-order valence-corrected chi connectivity index (χ3v) is 5.36. The Morgan fingerprint density at radius 3 is 2.03 bits per heavy atom. The summed E-state index contributed by atoms with van der Waals surface area (Å²) in [6.45, 7) is 0.105. The Kier molecular flexibility index (Phi) is 5.43. The van der Waals surface area contributed by atoms with Gasteiger partial charge in [-0.15, -0.1) is 0 Å². The van der Waals surface area contributed by atoms with Gasteiger partial charge >= 0.3 is 0 Å². The number of halogens is 1. The molecule has 0 atom stereocenters. The lowest BCUT2D eigenvalue weighted by molar-refractivity contribution is 0.0641. The highest BCUT2D eigenvalue weighted by Crippen LogP contribution is 2.24. The van der Waals surface area contributed by atoms with Crippen molar-refractivity contribution in [1.29, 1.82) is 0 Å². The molecule has 0 saturated carbocycles. The van der Waals surface area contributed by atoms with E-state index in [1.807, 2.05) is 0 Å². The Bertz CT molecular complexity index is 1180. The summed E-state index contributed by atoms with van der Waals surface area (Å²) in [7, 11) is 1.72. The third kappa shape index (κ3) is 3.99. The van der Waals surface area contributed by atoms with Crippen LogP contribution in [0.15, 0.2) is 65.3 Å². The smallest absolute Gasteiger partial charge is 0.286 e. The van der Waals surface area contributed by atoms with Crippen molar-refractivity contribution in [3.05, 3.63) is 93.2 Å². The molecule has 0 spiro atoms. The van der Waals surface area contributed by atoms with Crippen LogP contribution in [0.2, 0.25) is 0 Å². The van der Waals surface area contributed by atoms with Crippen LogP contribution in [0.3, 0.4) is 0 Å². The zero-order valence-corrected chi connectivity index (χ0v) is 18.0. The Morgan fingerprint density at radius 1 is 0.903 bits per heavy atom. The van der Waals surface area contributed by atoms with Crippen molar-refractivity contribution in [2.75, 3.05) is 0 Å². The first kappa shape index (κ1) is 20.5. The first-order valence-electron chi connectivity index (χ1n) is 9.32. The van der Waals surface area contributed by atoms with Crippen molar-refractivity contribution in [3.8, 4) is 0 Å². The van der Waals surface area contributed by atoms with E-state index in [0.29, 0.717) is 27.9 Å². The highest BCUT2D eigenvalue weighted by atomic mass is 79.9. The molecule has 4 amide bonds. The van der Waals surface area contributed by atoms with E-state index in [4.69, 9.17) is 0 Å². The molecule has 0 bridgehead atoms. The fraction of sp³-hybridized carbons (Fsp3) is 0.0909. The van der Waals surface area contributed by atoms with Crippen molar-refractivity contribution < 1.29 is 19.2 Å². The van der Waals surface area contributed by atoms with Crippen molar-refractivity contribution in [2.45, 2.75) is 6.54 Å². The van der Waals surface area contributed by atoms with Gasteiger partial charge in [0.2, 0.25) is 0 Å². The van der Waals surface area contributed by atoms with Gasteiger partial charge in [-0.25, -0.2) is 0 Å². The van der Waals surface area contributed by atoms with Crippen molar-refractivity contribution in [3.63, 3.8) is 0 Å². The lowest BCUT2D eigenvalue weighted by Gasteiger charge is -2.14. The van der Waals surface area contributed by atoms with Gasteiger partial charge in [0.1, 0.15) is 5.69 Å². The minimum atomic E-state index is -0.492. The van der Waals surface area contributed by atoms with Gasteiger partial charge in [-0.2, -0.15) is 0 Å². The number of hydrogen-bond acceptors (Lipinski definition) is 4. The molecule has 31 heavy (non-hydrogen) atoms. The summed E-state index contributed by atoms with van der Waals surface area (Å²) in [6, 6.07) is 14.8. The van der Waals surface area contributed by atoms with E-state index in [9.17, 15) is 19.2 Å². The Hall–Kier alpha value is -3.72. The quantitative estimate of drug-likeness (QED) is 0.442. The first-order valence-corrected chi connectivity index (χ1v) is 10.1. The molecule has 2 N–H and O–H groups in total. The topological polar surface area (TPSA) is 101 Å². The number of amides is 4. The van der Waals surface area contributed by atoms with E-state index < -0.39 is 11.8 Å². The van der Waals surface area contributed by atoms with Gasteiger partial charge in [0.05, 0.1) is 17.7 Å². The molecule has 8 nitrogen and oxygen atoms in total. The van der Waals surface area contributed by atoms with Gasteiger partial charge < -0.3 is 4.57 Å². The fourth-order valence-electron chi connectivity index (χ4n) is 3.33. The number of fused-ring (bicyclic) bond motifs is 1. The Labute approximate surface area is 185 Å². The zero-order chi connectivity index (χ0) is 22.1. The van der Waals surface area contributed by atoms with Crippen LogP contribution in [-0.2, 0) is 13.6 Å². The molecule has 1 aromatic heterocycles. The van der Waals surface area contributed by atoms with Gasteiger partial charge in [-0.05, 0) is 51.8 Å². The summed E-state index contributed by atoms with van der Waals surface area (Å²) in [5.41, 5.74) is 6.92. The van der Waals surface area contributed by atoms with Crippen molar-refractivity contribution in [1.82, 2.24) is 20.3 Å². The molecule has 2 heterocycles. The number of benzene rings is 2. The second-order valence-corrected chi connectivity index (χ2v) is 7.92. The number of nitrogens with one attached hydrogen (secondary N) is 2. The molecular weight excluding hydrogens is 464 g/mol. The SMILES string of the molecule is Cn1cc(Br)cc1C(=O)NNC(=O)c1ccc(CN2C(=O)c3ccccc3C2=O)cc1. The van der Waals surface area contributed by atoms with Gasteiger partial charge in [0, 0.05) is 23.3 Å². The maximum Gasteiger partial charge on any atom is 0.286 e. The maximum absolute atomic E-state index is 12.5. The molecule has 2 aromatic carbocycles. The lowest BCUT2D eigenvalue weighted by Crippen LogP contribution is -2.42. The largest absolute Gasteiger partial charge is 0.345 e. The molecule has 9 heteroatoms. The average Bonchev–Trinajstić information content (AvgIpc) is 3.23. The molecule has 1 aliphatic heterocycles. The molecule has 0 saturated heterocycles. The second-order valence-electron chi connectivity index (χ2n) is 7.00. The van der Waals surface area contributed by atoms with Crippen LogP contribution >= 0.6 is 15.9 Å². The second kappa shape index (κ2) is 8.19. The minimum Gasteiger partial charge on any atom is -0.345 e. The van der Waals surface area contributed by atoms with Crippen LogP contribution in [0.5, 0.6) is 0 Å². The number of aryl methyl sites for hydroxylation is 1. The predicted octanol–water partition coefficient (Wildman–Crippen LogP) is 2.66. The summed E-state index contributed by atoms with van der Waals surface area (Å²) >= 11 is 3.29. The number of imide groups is 1. The maximum atomic E-state index is 12.5. The number of carbonyl (C=O) groups is 4. The average molecular weight is 481 g/mol. The predicted molar refractivity (Wildman–Crippen MR) is 115 cm³/mol. The van der Waals surface area contributed by atoms with E-state index in [0.717, 1.165) is 4.47 Å². The number of hydrogen-bond donors (Lipinski definition) is 2. The van der Waals surface area contributed by atoms with E-state index in [2.05, 4.69) is 26.8 Å². The molecule has 0 fully saturated rings. The number of nitrogens with zero attached hydrogens (tertiary/aromatic N) is 2. The molecular formula is C22H17BrN4O4. The summed E-state index contributed by atoms with van der Waals surface area (Å²) < 4.78 is 2.37. The lowest BCUT2D eigenvalue weighted by atomic mass is 10.1. The normalized spacial score (nSPS) is 12.6. The van der Waals surface area contributed by atoms with E-state index in [1.54, 1.807) is 72.4 Å². The first-order chi connectivity index (χ1) is 14.8. The van der Waals surface area contributed by atoms with Gasteiger partial charge in [0.25, 0.3) is 23.6 Å². The van der Waals surface area contributed by atoms with E-state index >= 15 is 0 Å². The Balaban J connectivity index is 1.38. The molecule has 0 radical (unpaired) electrons. The molecule has 4 rings (SSSR count). The van der Waals surface area contributed by atoms with Crippen molar-refractivity contribution >= 4 is 39.6 Å².